The Morgan fingerprint density at radius 1 is 1.33 bits per heavy atom. The maximum absolute atomic E-state index is 5.35. The van der Waals surface area contributed by atoms with Gasteiger partial charge in [-0.15, -0.1) is 6.42 Å². The van der Waals surface area contributed by atoms with Crippen LogP contribution in [0, 0.1) is 24.2 Å². The van der Waals surface area contributed by atoms with E-state index in [4.69, 9.17) is 6.42 Å². The smallest absolute Gasteiger partial charge is 0.0136 e. The highest BCUT2D eigenvalue weighted by molar-refractivity contribution is 5.44. The van der Waals surface area contributed by atoms with Crippen molar-refractivity contribution in [1.29, 1.82) is 0 Å². The average molecular weight is 158 g/mol. The quantitative estimate of drug-likeness (QED) is 0.515. The fraction of sp³-hybridized carbons (Fsp3) is 0.500. The van der Waals surface area contributed by atoms with E-state index in [2.05, 4.69) is 24.7 Å². The standard InChI is InChI=1S/C12H14/c1-3-5-6-8-12-10-7-9-11(12)4-2/h2H,3,5,7,9-10H2,1H3. The molecule has 0 unspecified atom stereocenters. The molecule has 0 aromatic heterocycles. The van der Waals surface area contributed by atoms with Crippen LogP contribution in [0.25, 0.3) is 0 Å². The van der Waals surface area contributed by atoms with Gasteiger partial charge in [0, 0.05) is 17.6 Å². The first-order valence-corrected chi connectivity index (χ1v) is 4.56. The monoisotopic (exact) mass is 158 g/mol. The molecule has 12 heavy (non-hydrogen) atoms. The van der Waals surface area contributed by atoms with Crippen LogP contribution in [0.2, 0.25) is 0 Å². The lowest BCUT2D eigenvalue weighted by molar-refractivity contribution is 0.910. The first-order chi connectivity index (χ1) is 5.88. The molecule has 0 nitrogen and oxygen atoms in total. The van der Waals surface area contributed by atoms with Crippen LogP contribution in [0.5, 0.6) is 0 Å². The van der Waals surface area contributed by atoms with Crippen LogP contribution in [0.3, 0.4) is 0 Å². The lowest BCUT2D eigenvalue weighted by Crippen LogP contribution is -1.76. The molecule has 0 aliphatic heterocycles. The molecule has 0 aromatic rings. The van der Waals surface area contributed by atoms with Gasteiger partial charge >= 0.3 is 0 Å². The maximum atomic E-state index is 5.35. The van der Waals surface area contributed by atoms with Gasteiger partial charge in [-0.05, 0) is 25.7 Å². The third-order valence-electron chi connectivity index (χ3n) is 2.01. The van der Waals surface area contributed by atoms with Gasteiger partial charge in [0.2, 0.25) is 0 Å². The summed E-state index contributed by atoms with van der Waals surface area (Å²) in [4.78, 5) is 0. The molecular formula is C12H14. The fourth-order valence-electron chi connectivity index (χ4n) is 1.34. The van der Waals surface area contributed by atoms with Gasteiger partial charge < -0.3 is 0 Å². The zero-order valence-electron chi connectivity index (χ0n) is 7.61. The minimum Gasteiger partial charge on any atom is -0.115 e. The van der Waals surface area contributed by atoms with Gasteiger partial charge in [-0.25, -0.2) is 0 Å². The molecule has 0 bridgehead atoms. The third kappa shape index (κ3) is 2.18. The molecule has 0 atom stereocenters. The van der Waals surface area contributed by atoms with E-state index in [-0.39, 0.29) is 0 Å². The summed E-state index contributed by atoms with van der Waals surface area (Å²) in [7, 11) is 0. The van der Waals surface area contributed by atoms with Crippen LogP contribution >= 0.6 is 0 Å². The van der Waals surface area contributed by atoms with Gasteiger partial charge in [-0.2, -0.15) is 0 Å². The highest BCUT2D eigenvalue weighted by atomic mass is 14.1. The summed E-state index contributed by atoms with van der Waals surface area (Å²) in [5.74, 6) is 9.03. The van der Waals surface area contributed by atoms with E-state index in [1.54, 1.807) is 0 Å². The largest absolute Gasteiger partial charge is 0.115 e. The predicted molar refractivity (Wildman–Crippen MR) is 52.4 cm³/mol. The van der Waals surface area contributed by atoms with Gasteiger partial charge in [-0.3, -0.25) is 0 Å². The highest BCUT2D eigenvalue weighted by Crippen LogP contribution is 2.24. The average Bonchev–Trinajstić information content (AvgIpc) is 2.52. The molecule has 62 valence electrons. The molecule has 1 rings (SSSR count). The molecule has 0 N–H and O–H groups in total. The Hall–Kier alpha value is -1.14. The summed E-state index contributed by atoms with van der Waals surface area (Å²) in [6.45, 7) is 2.14. The van der Waals surface area contributed by atoms with E-state index in [1.807, 2.05) is 0 Å². The Morgan fingerprint density at radius 2 is 2.08 bits per heavy atom. The zero-order valence-corrected chi connectivity index (χ0v) is 7.61. The highest BCUT2D eigenvalue weighted by Gasteiger charge is 2.09. The zero-order chi connectivity index (χ0) is 8.81. The van der Waals surface area contributed by atoms with Crippen molar-refractivity contribution in [2.24, 2.45) is 0 Å². The predicted octanol–water partition coefficient (Wildman–Crippen LogP) is 2.90. The fourth-order valence-corrected chi connectivity index (χ4v) is 1.34. The molecule has 0 amide bonds. The van der Waals surface area contributed by atoms with Gasteiger partial charge in [-0.1, -0.05) is 24.7 Å². The summed E-state index contributed by atoms with van der Waals surface area (Å²) in [6.07, 6.45) is 10.8. The Bertz CT molecular complexity index is 275. The van der Waals surface area contributed by atoms with E-state index < -0.39 is 0 Å². The molecule has 0 saturated carbocycles. The SMILES string of the molecule is C#CC1=C(C#CCCC)CCC1. The second-order valence-corrected chi connectivity index (χ2v) is 3.01. The summed E-state index contributed by atoms with van der Waals surface area (Å²) in [5.41, 5.74) is 2.35. The molecule has 0 heteroatoms. The molecular weight excluding hydrogens is 144 g/mol. The van der Waals surface area contributed by atoms with Crippen molar-refractivity contribution in [2.75, 3.05) is 0 Å². The molecule has 1 aliphatic rings. The van der Waals surface area contributed by atoms with Crippen molar-refractivity contribution in [1.82, 2.24) is 0 Å². The summed E-state index contributed by atoms with van der Waals surface area (Å²) >= 11 is 0. The molecule has 0 saturated heterocycles. The molecule has 0 aromatic carbocycles. The first-order valence-electron chi connectivity index (χ1n) is 4.56. The van der Waals surface area contributed by atoms with Gasteiger partial charge in [0.05, 0.1) is 0 Å². The maximum Gasteiger partial charge on any atom is 0.0136 e. The van der Waals surface area contributed by atoms with E-state index in [0.717, 1.165) is 31.3 Å². The lowest BCUT2D eigenvalue weighted by atomic mass is 10.1. The van der Waals surface area contributed by atoms with Gasteiger partial charge in [0.15, 0.2) is 0 Å². The number of allylic oxidation sites excluding steroid dienone is 2. The van der Waals surface area contributed by atoms with Crippen LogP contribution in [0.15, 0.2) is 11.1 Å². The molecule has 0 spiro atoms. The Morgan fingerprint density at radius 3 is 2.75 bits per heavy atom. The van der Waals surface area contributed by atoms with E-state index in [1.165, 1.54) is 12.0 Å². The van der Waals surface area contributed by atoms with Crippen LogP contribution in [-0.2, 0) is 0 Å². The normalized spacial score (nSPS) is 15.3. The Balaban J connectivity index is 2.64. The third-order valence-corrected chi connectivity index (χ3v) is 2.01. The summed E-state index contributed by atoms with van der Waals surface area (Å²) < 4.78 is 0. The number of hydrogen-bond donors (Lipinski definition) is 0. The van der Waals surface area contributed by atoms with Crippen molar-refractivity contribution < 1.29 is 0 Å². The van der Waals surface area contributed by atoms with Crippen molar-refractivity contribution in [3.63, 3.8) is 0 Å². The summed E-state index contributed by atoms with van der Waals surface area (Å²) in [5, 5.41) is 0. The second-order valence-electron chi connectivity index (χ2n) is 3.01. The number of terminal acetylenes is 1. The minimum atomic E-state index is 0.987. The van der Waals surface area contributed by atoms with Crippen molar-refractivity contribution in [3.05, 3.63) is 11.1 Å². The minimum absolute atomic E-state index is 0.987. The number of rotatable bonds is 1. The van der Waals surface area contributed by atoms with Crippen molar-refractivity contribution in [2.45, 2.75) is 39.0 Å². The van der Waals surface area contributed by atoms with E-state index in [0.29, 0.717) is 0 Å². The second kappa shape index (κ2) is 4.68. The topological polar surface area (TPSA) is 0 Å². The van der Waals surface area contributed by atoms with Crippen molar-refractivity contribution >= 4 is 0 Å². The van der Waals surface area contributed by atoms with Gasteiger partial charge in [0.1, 0.15) is 0 Å². The molecule has 0 heterocycles. The van der Waals surface area contributed by atoms with Crippen LogP contribution < -0.4 is 0 Å². The van der Waals surface area contributed by atoms with E-state index in [9.17, 15) is 0 Å². The first kappa shape index (κ1) is 8.95. The molecule has 1 aliphatic carbocycles. The molecule has 0 fully saturated rings. The molecule has 0 radical (unpaired) electrons. The lowest BCUT2D eigenvalue weighted by Gasteiger charge is -1.88. The van der Waals surface area contributed by atoms with Crippen molar-refractivity contribution in [3.8, 4) is 24.2 Å². The van der Waals surface area contributed by atoms with Crippen LogP contribution in [0.4, 0.5) is 0 Å². The Kier molecular flexibility index (Phi) is 3.49. The van der Waals surface area contributed by atoms with Crippen LogP contribution in [0.1, 0.15) is 39.0 Å². The Labute approximate surface area is 75.1 Å². The number of unbranched alkanes of at least 4 members (excludes halogenated alkanes) is 1. The number of hydrogen-bond acceptors (Lipinski definition) is 0. The van der Waals surface area contributed by atoms with Gasteiger partial charge in [0.25, 0.3) is 0 Å². The van der Waals surface area contributed by atoms with Crippen LogP contribution in [-0.4, -0.2) is 0 Å². The summed E-state index contributed by atoms with van der Waals surface area (Å²) in [6, 6.07) is 0. The van der Waals surface area contributed by atoms with E-state index >= 15 is 0 Å².